The Kier molecular flexibility index (Phi) is 6.91. The van der Waals surface area contributed by atoms with Gasteiger partial charge in [-0.15, -0.1) is 0 Å². The third-order valence-electron chi connectivity index (χ3n) is 6.16. The Morgan fingerprint density at radius 3 is 2.43 bits per heavy atom. The van der Waals surface area contributed by atoms with Crippen LogP contribution in [0.15, 0.2) is 65.6 Å². The summed E-state index contributed by atoms with van der Waals surface area (Å²) >= 11 is 0. The lowest BCUT2D eigenvalue weighted by Crippen LogP contribution is -2.53. The molecule has 1 amide bonds. The molecule has 0 unspecified atom stereocenters. The number of aryl methyl sites for hydroxylation is 2. The van der Waals surface area contributed by atoms with Crippen LogP contribution in [0, 0.1) is 25.5 Å². The van der Waals surface area contributed by atoms with E-state index in [-0.39, 0.29) is 30.4 Å². The molecule has 184 valence electrons. The van der Waals surface area contributed by atoms with Gasteiger partial charge in [-0.2, -0.15) is 4.31 Å². The molecule has 0 bridgehead atoms. The molecular formula is C26H27F2N3O3S. The van der Waals surface area contributed by atoms with Crippen LogP contribution in [0.2, 0.25) is 0 Å². The number of amides is 1. The van der Waals surface area contributed by atoms with Crippen LogP contribution >= 0.6 is 0 Å². The topological polar surface area (TPSA) is 69.7 Å². The molecule has 1 heterocycles. The second-order valence-corrected chi connectivity index (χ2v) is 10.7. The lowest BCUT2D eigenvalue weighted by atomic mass is 10.1. The number of sulfonamides is 1. The zero-order valence-corrected chi connectivity index (χ0v) is 20.6. The average molecular weight is 500 g/mol. The van der Waals surface area contributed by atoms with E-state index in [9.17, 15) is 22.0 Å². The fraction of sp³-hybridized carbons (Fsp3) is 0.269. The molecule has 0 spiro atoms. The summed E-state index contributed by atoms with van der Waals surface area (Å²) in [5, 5.41) is 2.52. The number of nitrogens with zero attached hydrogens (tertiary/aromatic N) is 2. The van der Waals surface area contributed by atoms with Crippen molar-refractivity contribution in [1.82, 2.24) is 4.31 Å². The summed E-state index contributed by atoms with van der Waals surface area (Å²) in [5.41, 5.74) is 2.71. The van der Waals surface area contributed by atoms with Gasteiger partial charge < -0.3 is 10.2 Å². The van der Waals surface area contributed by atoms with E-state index in [0.717, 1.165) is 23.4 Å². The summed E-state index contributed by atoms with van der Waals surface area (Å²) < 4.78 is 56.5. The number of benzene rings is 3. The van der Waals surface area contributed by atoms with Gasteiger partial charge in [0.2, 0.25) is 10.0 Å². The third-order valence-corrected chi connectivity index (χ3v) is 8.04. The molecule has 35 heavy (non-hydrogen) atoms. The summed E-state index contributed by atoms with van der Waals surface area (Å²) in [6.07, 6.45) is 0. The molecule has 1 atom stereocenters. The molecule has 9 heteroatoms. The predicted octanol–water partition coefficient (Wildman–Crippen LogP) is 4.73. The molecule has 1 fully saturated rings. The van der Waals surface area contributed by atoms with Crippen LogP contribution in [0.5, 0.6) is 0 Å². The molecule has 0 aliphatic carbocycles. The highest BCUT2D eigenvalue weighted by Crippen LogP contribution is 2.27. The maximum absolute atomic E-state index is 14.7. The van der Waals surface area contributed by atoms with E-state index in [0.29, 0.717) is 12.1 Å². The van der Waals surface area contributed by atoms with Crippen LogP contribution < -0.4 is 10.2 Å². The largest absolute Gasteiger partial charge is 0.366 e. The van der Waals surface area contributed by atoms with Gasteiger partial charge in [-0.25, -0.2) is 17.2 Å². The van der Waals surface area contributed by atoms with E-state index in [1.54, 1.807) is 6.92 Å². The Morgan fingerprint density at radius 2 is 1.74 bits per heavy atom. The highest BCUT2D eigenvalue weighted by atomic mass is 32.2. The van der Waals surface area contributed by atoms with E-state index in [1.807, 2.05) is 38.1 Å². The van der Waals surface area contributed by atoms with Crippen molar-refractivity contribution in [3.05, 3.63) is 89.0 Å². The number of hydrogen-bond acceptors (Lipinski definition) is 4. The summed E-state index contributed by atoms with van der Waals surface area (Å²) in [4.78, 5) is 14.3. The molecule has 1 aliphatic rings. The van der Waals surface area contributed by atoms with Gasteiger partial charge in [0.25, 0.3) is 5.91 Å². The first-order valence-corrected chi connectivity index (χ1v) is 12.7. The summed E-state index contributed by atoms with van der Waals surface area (Å²) in [6.45, 7) is 6.32. The smallest absolute Gasteiger partial charge is 0.255 e. The van der Waals surface area contributed by atoms with Crippen molar-refractivity contribution >= 4 is 27.3 Å². The molecule has 0 aromatic heterocycles. The Morgan fingerprint density at radius 1 is 0.971 bits per heavy atom. The minimum Gasteiger partial charge on any atom is -0.366 e. The normalized spacial score (nSPS) is 16.8. The van der Waals surface area contributed by atoms with Crippen molar-refractivity contribution < 1.29 is 22.0 Å². The van der Waals surface area contributed by atoms with Crippen LogP contribution in [0.4, 0.5) is 20.2 Å². The number of carbonyl (C=O) groups excluding carboxylic acids is 1. The fourth-order valence-corrected chi connectivity index (χ4v) is 5.79. The second-order valence-electron chi connectivity index (χ2n) is 8.81. The van der Waals surface area contributed by atoms with E-state index in [1.165, 1.54) is 28.6 Å². The summed E-state index contributed by atoms with van der Waals surface area (Å²) in [6, 6.07) is 15.3. The van der Waals surface area contributed by atoms with Gasteiger partial charge in [0.1, 0.15) is 16.5 Å². The first kappa shape index (κ1) is 24.8. The van der Waals surface area contributed by atoms with Crippen molar-refractivity contribution in [1.29, 1.82) is 0 Å². The Labute approximate surface area is 204 Å². The van der Waals surface area contributed by atoms with E-state index in [4.69, 9.17) is 0 Å². The molecule has 4 rings (SSSR count). The van der Waals surface area contributed by atoms with Gasteiger partial charge in [0.15, 0.2) is 0 Å². The molecule has 1 aliphatic heterocycles. The van der Waals surface area contributed by atoms with Crippen LogP contribution in [-0.4, -0.2) is 44.3 Å². The number of rotatable bonds is 5. The predicted molar refractivity (Wildman–Crippen MR) is 132 cm³/mol. The quantitative estimate of drug-likeness (QED) is 0.551. The zero-order chi connectivity index (χ0) is 25.3. The number of carbonyl (C=O) groups is 1. The Balaban J connectivity index is 1.54. The van der Waals surface area contributed by atoms with E-state index >= 15 is 0 Å². The highest BCUT2D eigenvalue weighted by molar-refractivity contribution is 7.89. The minimum absolute atomic E-state index is 0.0441. The lowest BCUT2D eigenvalue weighted by molar-refractivity contribution is 0.102. The van der Waals surface area contributed by atoms with Crippen LogP contribution in [0.1, 0.15) is 28.4 Å². The van der Waals surface area contributed by atoms with Crippen LogP contribution in [-0.2, 0) is 10.0 Å². The standard InChI is InChI=1S/C26H27F2N3O3S/c1-17-5-4-6-22(13-17)31-12-11-30(16-19(31)3)35(33,34)25-14-20(8-10-23(25)27)26(32)29-21-9-7-18(2)24(28)15-21/h4-10,13-15,19H,11-12,16H2,1-3H3,(H,29,32)/t19-/m0/s1. The van der Waals surface area contributed by atoms with Crippen LogP contribution in [0.25, 0.3) is 0 Å². The Bertz CT molecular complexity index is 1380. The molecule has 0 radical (unpaired) electrons. The van der Waals surface area contributed by atoms with Crippen molar-refractivity contribution in [2.45, 2.75) is 31.7 Å². The van der Waals surface area contributed by atoms with Gasteiger partial charge in [-0.05, 0) is 74.4 Å². The molecule has 1 N–H and O–H groups in total. The van der Waals surface area contributed by atoms with E-state index < -0.39 is 32.5 Å². The number of hydrogen-bond donors (Lipinski definition) is 1. The van der Waals surface area contributed by atoms with Gasteiger partial charge in [-0.3, -0.25) is 4.79 Å². The molecule has 1 saturated heterocycles. The zero-order valence-electron chi connectivity index (χ0n) is 19.8. The maximum atomic E-state index is 14.7. The number of halogens is 2. The van der Waals surface area contributed by atoms with Gasteiger partial charge in [0, 0.05) is 42.6 Å². The van der Waals surface area contributed by atoms with Crippen molar-refractivity contribution in [2.24, 2.45) is 0 Å². The maximum Gasteiger partial charge on any atom is 0.255 e. The monoisotopic (exact) mass is 499 g/mol. The van der Waals surface area contributed by atoms with Gasteiger partial charge >= 0.3 is 0 Å². The second kappa shape index (κ2) is 9.75. The first-order chi connectivity index (χ1) is 16.6. The number of anilines is 2. The van der Waals surface area contributed by atoms with Crippen molar-refractivity contribution in [3.63, 3.8) is 0 Å². The third kappa shape index (κ3) is 5.21. The molecular weight excluding hydrogens is 472 g/mol. The molecule has 6 nitrogen and oxygen atoms in total. The van der Waals surface area contributed by atoms with Crippen LogP contribution in [0.3, 0.4) is 0 Å². The van der Waals surface area contributed by atoms with Crippen molar-refractivity contribution in [3.8, 4) is 0 Å². The average Bonchev–Trinajstić information content (AvgIpc) is 2.81. The molecule has 0 saturated carbocycles. The Hall–Kier alpha value is -3.30. The summed E-state index contributed by atoms with van der Waals surface area (Å²) in [5.74, 6) is -2.08. The number of piperazine rings is 1. The SMILES string of the molecule is Cc1cccc(N2CCN(S(=O)(=O)c3cc(C(=O)Nc4ccc(C)c(F)c4)ccc3F)C[C@@H]2C)c1. The lowest BCUT2D eigenvalue weighted by Gasteiger charge is -2.40. The van der Waals surface area contributed by atoms with Crippen molar-refractivity contribution in [2.75, 3.05) is 29.9 Å². The fourth-order valence-electron chi connectivity index (χ4n) is 4.19. The van der Waals surface area contributed by atoms with E-state index in [2.05, 4.69) is 10.2 Å². The summed E-state index contributed by atoms with van der Waals surface area (Å²) in [7, 11) is -4.19. The highest BCUT2D eigenvalue weighted by Gasteiger charge is 2.34. The number of nitrogens with one attached hydrogen (secondary N) is 1. The molecule has 3 aromatic carbocycles. The first-order valence-electron chi connectivity index (χ1n) is 11.3. The minimum atomic E-state index is -4.19. The van der Waals surface area contributed by atoms with Gasteiger partial charge in [-0.1, -0.05) is 18.2 Å². The molecule has 3 aromatic rings. The van der Waals surface area contributed by atoms with Gasteiger partial charge in [0.05, 0.1) is 0 Å².